The number of rotatable bonds is 4. The topological polar surface area (TPSA) is 34.1 Å². The third kappa shape index (κ3) is 2.78. The van der Waals surface area contributed by atoms with Gasteiger partial charge in [-0.3, -0.25) is 0 Å². The van der Waals surface area contributed by atoms with Crippen LogP contribution in [-0.4, -0.2) is 24.7 Å². The first-order valence-corrected chi connectivity index (χ1v) is 6.72. The Labute approximate surface area is 103 Å². The van der Waals surface area contributed by atoms with Gasteiger partial charge < -0.3 is 10.1 Å². The van der Waals surface area contributed by atoms with E-state index >= 15 is 0 Å². The smallest absolute Gasteiger partial charge is 0.216 e. The fourth-order valence-electron chi connectivity index (χ4n) is 2.47. The van der Waals surface area contributed by atoms with Gasteiger partial charge in [0.05, 0.1) is 6.61 Å². The fraction of sp³-hybridized carbons (Fsp3) is 0.643. The highest BCUT2D eigenvalue weighted by molar-refractivity contribution is 5.32. The molecule has 0 radical (unpaired) electrons. The van der Waals surface area contributed by atoms with E-state index in [4.69, 9.17) is 4.74 Å². The lowest BCUT2D eigenvalue weighted by molar-refractivity contribution is 0.207. The average Bonchev–Trinajstić information content (AvgIpc) is 3.22. The number of aromatic nitrogens is 1. The van der Waals surface area contributed by atoms with Crippen molar-refractivity contribution >= 4 is 0 Å². The van der Waals surface area contributed by atoms with Crippen LogP contribution < -0.4 is 10.1 Å². The maximum atomic E-state index is 5.94. The molecule has 1 aromatic heterocycles. The predicted octanol–water partition coefficient (Wildman–Crippen LogP) is 2.34. The lowest BCUT2D eigenvalue weighted by atomic mass is 9.99. The number of hydrogen-bond acceptors (Lipinski definition) is 3. The molecule has 3 heteroatoms. The minimum atomic E-state index is 0.699. The molecule has 1 aromatic rings. The highest BCUT2D eigenvalue weighted by atomic mass is 16.5. The van der Waals surface area contributed by atoms with Crippen molar-refractivity contribution in [3.8, 4) is 5.88 Å². The van der Waals surface area contributed by atoms with Crippen molar-refractivity contribution in [3.63, 3.8) is 0 Å². The van der Waals surface area contributed by atoms with Crippen LogP contribution in [0, 0.1) is 5.92 Å². The van der Waals surface area contributed by atoms with E-state index in [9.17, 15) is 0 Å². The van der Waals surface area contributed by atoms with Gasteiger partial charge in [-0.1, -0.05) is 6.07 Å². The van der Waals surface area contributed by atoms with Crippen LogP contribution in [0.5, 0.6) is 5.88 Å². The number of piperidine rings is 1. The summed E-state index contributed by atoms with van der Waals surface area (Å²) in [6, 6.07) is 4.19. The van der Waals surface area contributed by atoms with Crippen LogP contribution in [0.2, 0.25) is 0 Å². The van der Waals surface area contributed by atoms with Crippen LogP contribution in [0.15, 0.2) is 18.3 Å². The fourth-order valence-corrected chi connectivity index (χ4v) is 2.47. The number of pyridine rings is 1. The van der Waals surface area contributed by atoms with Gasteiger partial charge in [-0.15, -0.1) is 0 Å². The van der Waals surface area contributed by atoms with Gasteiger partial charge in [0, 0.05) is 11.8 Å². The summed E-state index contributed by atoms with van der Waals surface area (Å²) in [4.78, 5) is 4.39. The van der Waals surface area contributed by atoms with Crippen molar-refractivity contribution in [3.05, 3.63) is 23.9 Å². The standard InChI is InChI=1S/C14H20N2O/c1-2-13(12-3-4-12)14(16-7-1)17-10-11-5-8-15-9-6-11/h1-2,7,11-12,15H,3-6,8-10H2. The third-order valence-electron chi connectivity index (χ3n) is 3.73. The summed E-state index contributed by atoms with van der Waals surface area (Å²) in [6.45, 7) is 3.09. The summed E-state index contributed by atoms with van der Waals surface area (Å²) >= 11 is 0. The maximum absolute atomic E-state index is 5.94. The summed E-state index contributed by atoms with van der Waals surface area (Å²) in [7, 11) is 0. The quantitative estimate of drug-likeness (QED) is 0.865. The van der Waals surface area contributed by atoms with Crippen molar-refractivity contribution in [1.29, 1.82) is 0 Å². The van der Waals surface area contributed by atoms with Crippen molar-refractivity contribution in [2.45, 2.75) is 31.6 Å². The highest BCUT2D eigenvalue weighted by Gasteiger charge is 2.27. The second-order valence-electron chi connectivity index (χ2n) is 5.18. The summed E-state index contributed by atoms with van der Waals surface area (Å²) < 4.78 is 5.94. The van der Waals surface area contributed by atoms with Crippen LogP contribution in [0.4, 0.5) is 0 Å². The van der Waals surface area contributed by atoms with Gasteiger partial charge in [0.2, 0.25) is 5.88 Å². The zero-order chi connectivity index (χ0) is 11.5. The van der Waals surface area contributed by atoms with Crippen LogP contribution in [0.25, 0.3) is 0 Å². The van der Waals surface area contributed by atoms with Crippen LogP contribution in [0.1, 0.15) is 37.2 Å². The minimum Gasteiger partial charge on any atom is -0.477 e. The van der Waals surface area contributed by atoms with Crippen molar-refractivity contribution in [2.75, 3.05) is 19.7 Å². The molecule has 1 saturated carbocycles. The van der Waals surface area contributed by atoms with E-state index < -0.39 is 0 Å². The van der Waals surface area contributed by atoms with Gasteiger partial charge in [-0.05, 0) is 56.7 Å². The number of nitrogens with zero attached hydrogens (tertiary/aromatic N) is 1. The lowest BCUT2D eigenvalue weighted by Crippen LogP contribution is -2.30. The molecule has 1 N–H and O–H groups in total. The van der Waals surface area contributed by atoms with Gasteiger partial charge in [-0.25, -0.2) is 4.98 Å². The third-order valence-corrected chi connectivity index (χ3v) is 3.73. The molecule has 0 aromatic carbocycles. The molecule has 1 saturated heterocycles. The molecule has 0 amide bonds. The SMILES string of the molecule is c1cnc(OCC2CCNCC2)c(C2CC2)c1. The van der Waals surface area contributed by atoms with Crippen LogP contribution in [0.3, 0.4) is 0 Å². The Morgan fingerprint density at radius 3 is 2.82 bits per heavy atom. The molecule has 17 heavy (non-hydrogen) atoms. The van der Waals surface area contributed by atoms with E-state index in [0.29, 0.717) is 11.8 Å². The van der Waals surface area contributed by atoms with E-state index in [1.807, 2.05) is 12.3 Å². The van der Waals surface area contributed by atoms with Gasteiger partial charge in [0.1, 0.15) is 0 Å². The number of ether oxygens (including phenoxy) is 1. The summed E-state index contributed by atoms with van der Waals surface area (Å²) in [6.07, 6.45) is 6.89. The van der Waals surface area contributed by atoms with Gasteiger partial charge in [0.15, 0.2) is 0 Å². The maximum Gasteiger partial charge on any atom is 0.216 e. The van der Waals surface area contributed by atoms with E-state index in [1.165, 1.54) is 31.2 Å². The van der Waals surface area contributed by atoms with Crippen molar-refractivity contribution in [1.82, 2.24) is 10.3 Å². The Kier molecular flexibility index (Phi) is 3.27. The van der Waals surface area contributed by atoms with Gasteiger partial charge >= 0.3 is 0 Å². The largest absolute Gasteiger partial charge is 0.477 e. The molecule has 1 aliphatic carbocycles. The first kappa shape index (κ1) is 11.0. The second kappa shape index (κ2) is 5.05. The molecule has 3 rings (SSSR count). The molecule has 2 aliphatic rings. The summed E-state index contributed by atoms with van der Waals surface area (Å²) in [5.41, 5.74) is 1.32. The molecule has 0 spiro atoms. The summed E-state index contributed by atoms with van der Waals surface area (Å²) in [5.74, 6) is 2.30. The first-order chi connectivity index (χ1) is 8.43. The Balaban J connectivity index is 1.60. The predicted molar refractivity (Wildman–Crippen MR) is 67.3 cm³/mol. The van der Waals surface area contributed by atoms with E-state index in [-0.39, 0.29) is 0 Å². The molecular weight excluding hydrogens is 212 g/mol. The van der Waals surface area contributed by atoms with Crippen LogP contribution in [-0.2, 0) is 0 Å². The molecule has 0 atom stereocenters. The molecule has 2 heterocycles. The van der Waals surface area contributed by atoms with Gasteiger partial charge in [-0.2, -0.15) is 0 Å². The second-order valence-corrected chi connectivity index (χ2v) is 5.18. The molecule has 92 valence electrons. The minimum absolute atomic E-state index is 0.699. The lowest BCUT2D eigenvalue weighted by Gasteiger charge is -2.22. The Hall–Kier alpha value is -1.09. The summed E-state index contributed by atoms with van der Waals surface area (Å²) in [5, 5.41) is 3.38. The number of nitrogens with one attached hydrogen (secondary N) is 1. The first-order valence-electron chi connectivity index (χ1n) is 6.72. The highest BCUT2D eigenvalue weighted by Crippen LogP contribution is 2.43. The van der Waals surface area contributed by atoms with Crippen molar-refractivity contribution < 1.29 is 4.74 Å². The Bertz CT molecular complexity index is 370. The monoisotopic (exact) mass is 232 g/mol. The van der Waals surface area contributed by atoms with E-state index in [0.717, 1.165) is 25.6 Å². The van der Waals surface area contributed by atoms with E-state index in [1.54, 1.807) is 0 Å². The zero-order valence-electron chi connectivity index (χ0n) is 10.2. The van der Waals surface area contributed by atoms with E-state index in [2.05, 4.69) is 16.4 Å². The Morgan fingerprint density at radius 2 is 2.06 bits per heavy atom. The van der Waals surface area contributed by atoms with Gasteiger partial charge in [0.25, 0.3) is 0 Å². The zero-order valence-corrected chi connectivity index (χ0v) is 10.2. The molecule has 1 aliphatic heterocycles. The normalized spacial score (nSPS) is 21.4. The average molecular weight is 232 g/mol. The molecular formula is C14H20N2O. The molecule has 0 unspecified atom stereocenters. The van der Waals surface area contributed by atoms with Crippen molar-refractivity contribution in [2.24, 2.45) is 5.92 Å². The molecule has 0 bridgehead atoms. The molecule has 2 fully saturated rings. The Morgan fingerprint density at radius 1 is 1.24 bits per heavy atom. The number of hydrogen-bond donors (Lipinski definition) is 1. The van der Waals surface area contributed by atoms with Crippen LogP contribution >= 0.6 is 0 Å². The molecule has 3 nitrogen and oxygen atoms in total.